The Hall–Kier alpha value is -0.860. The fraction of sp³-hybridized carbons (Fsp3) is 0.714. The van der Waals surface area contributed by atoms with Crippen molar-refractivity contribution in [3.63, 3.8) is 0 Å². The van der Waals surface area contributed by atoms with Crippen molar-refractivity contribution in [2.75, 3.05) is 0 Å². The normalized spacial score (nSPS) is 13.1. The quantitative estimate of drug-likeness (QED) is 0.597. The van der Waals surface area contributed by atoms with Gasteiger partial charge in [-0.3, -0.25) is 4.79 Å². The Balaban J connectivity index is 3.97. The van der Waals surface area contributed by atoms with E-state index in [1.54, 1.807) is 13.8 Å². The summed E-state index contributed by atoms with van der Waals surface area (Å²) >= 11 is 0. The minimum Gasteiger partial charge on any atom is -0.481 e. The molecule has 1 atom stereocenters. The molecular weight excluding hydrogens is 132 g/mol. The van der Waals surface area contributed by atoms with E-state index in [4.69, 9.17) is 5.11 Å². The average molecular weight is 144 g/mol. The summed E-state index contributed by atoms with van der Waals surface area (Å²) in [5.74, 6) is -1.37. The SMILES string of the molecule is CC(C)C(CC=O)C(=O)O. The molecule has 0 bridgehead atoms. The van der Waals surface area contributed by atoms with Crippen LogP contribution in [0.3, 0.4) is 0 Å². The first-order valence-corrected chi connectivity index (χ1v) is 3.26. The molecule has 0 spiro atoms. The van der Waals surface area contributed by atoms with E-state index < -0.39 is 11.9 Å². The largest absolute Gasteiger partial charge is 0.481 e. The number of carbonyl (C=O) groups excluding carboxylic acids is 1. The van der Waals surface area contributed by atoms with Gasteiger partial charge in [-0.05, 0) is 5.92 Å². The van der Waals surface area contributed by atoms with Crippen molar-refractivity contribution >= 4 is 12.3 Å². The molecule has 1 unspecified atom stereocenters. The van der Waals surface area contributed by atoms with Crippen molar-refractivity contribution in [2.45, 2.75) is 20.3 Å². The van der Waals surface area contributed by atoms with Gasteiger partial charge in [0.1, 0.15) is 6.29 Å². The summed E-state index contributed by atoms with van der Waals surface area (Å²) in [7, 11) is 0. The molecule has 0 radical (unpaired) electrons. The van der Waals surface area contributed by atoms with E-state index in [9.17, 15) is 9.59 Å². The van der Waals surface area contributed by atoms with Crippen LogP contribution in [0, 0.1) is 11.8 Å². The van der Waals surface area contributed by atoms with Gasteiger partial charge in [0, 0.05) is 6.42 Å². The van der Waals surface area contributed by atoms with E-state index >= 15 is 0 Å². The van der Waals surface area contributed by atoms with Crippen LogP contribution in [-0.2, 0) is 9.59 Å². The van der Waals surface area contributed by atoms with Crippen LogP contribution in [0.5, 0.6) is 0 Å². The highest BCUT2D eigenvalue weighted by Gasteiger charge is 2.19. The Kier molecular flexibility index (Phi) is 3.69. The maximum Gasteiger partial charge on any atom is 0.307 e. The third kappa shape index (κ3) is 2.62. The van der Waals surface area contributed by atoms with Crippen LogP contribution in [-0.4, -0.2) is 17.4 Å². The van der Waals surface area contributed by atoms with E-state index in [1.807, 2.05) is 0 Å². The van der Waals surface area contributed by atoms with Crippen LogP contribution in [0.4, 0.5) is 0 Å². The number of rotatable bonds is 4. The Bertz CT molecular complexity index is 129. The van der Waals surface area contributed by atoms with Gasteiger partial charge in [-0.25, -0.2) is 0 Å². The van der Waals surface area contributed by atoms with Gasteiger partial charge in [0.2, 0.25) is 0 Å². The molecule has 0 aliphatic heterocycles. The number of aldehydes is 1. The maximum absolute atomic E-state index is 10.4. The molecule has 0 rings (SSSR count). The van der Waals surface area contributed by atoms with Crippen molar-refractivity contribution < 1.29 is 14.7 Å². The van der Waals surface area contributed by atoms with Gasteiger partial charge in [0.25, 0.3) is 0 Å². The number of carboxylic acids is 1. The second kappa shape index (κ2) is 4.04. The first-order valence-electron chi connectivity index (χ1n) is 3.26. The lowest BCUT2D eigenvalue weighted by Gasteiger charge is -2.11. The van der Waals surface area contributed by atoms with E-state index in [2.05, 4.69) is 0 Å². The highest BCUT2D eigenvalue weighted by atomic mass is 16.4. The zero-order valence-electron chi connectivity index (χ0n) is 6.20. The van der Waals surface area contributed by atoms with Gasteiger partial charge in [0.15, 0.2) is 0 Å². The second-order valence-corrected chi connectivity index (χ2v) is 2.59. The molecule has 10 heavy (non-hydrogen) atoms. The minimum atomic E-state index is -0.887. The second-order valence-electron chi connectivity index (χ2n) is 2.59. The molecule has 0 saturated carbocycles. The molecule has 0 fully saturated rings. The van der Waals surface area contributed by atoms with Gasteiger partial charge in [-0.2, -0.15) is 0 Å². The van der Waals surface area contributed by atoms with Gasteiger partial charge in [-0.1, -0.05) is 13.8 Å². The van der Waals surface area contributed by atoms with Crippen LogP contribution < -0.4 is 0 Å². The fourth-order valence-corrected chi connectivity index (χ4v) is 0.762. The molecule has 0 heterocycles. The number of aliphatic carboxylic acids is 1. The number of carboxylic acid groups (broad SMARTS) is 1. The van der Waals surface area contributed by atoms with Gasteiger partial charge in [0.05, 0.1) is 5.92 Å². The molecule has 0 aliphatic rings. The van der Waals surface area contributed by atoms with Crippen LogP contribution in [0.2, 0.25) is 0 Å². The molecular formula is C7H12O3. The number of hydrogen-bond donors (Lipinski definition) is 1. The Morgan fingerprint density at radius 3 is 2.20 bits per heavy atom. The van der Waals surface area contributed by atoms with Crippen molar-refractivity contribution in [3.8, 4) is 0 Å². The molecule has 0 aromatic carbocycles. The number of hydrogen-bond acceptors (Lipinski definition) is 2. The summed E-state index contributed by atoms with van der Waals surface area (Å²) in [5, 5.41) is 8.52. The Labute approximate surface area is 60.0 Å². The van der Waals surface area contributed by atoms with E-state index in [0.29, 0.717) is 6.29 Å². The summed E-state index contributed by atoms with van der Waals surface area (Å²) in [6, 6.07) is 0. The Morgan fingerprint density at radius 1 is 1.60 bits per heavy atom. The maximum atomic E-state index is 10.4. The van der Waals surface area contributed by atoms with Gasteiger partial charge in [-0.15, -0.1) is 0 Å². The molecule has 0 saturated heterocycles. The molecule has 0 aromatic rings. The lowest BCUT2D eigenvalue weighted by molar-refractivity contribution is -0.144. The van der Waals surface area contributed by atoms with Crippen LogP contribution in [0.15, 0.2) is 0 Å². The van der Waals surface area contributed by atoms with Crippen LogP contribution in [0.1, 0.15) is 20.3 Å². The summed E-state index contributed by atoms with van der Waals surface area (Å²) in [5.41, 5.74) is 0. The lowest BCUT2D eigenvalue weighted by Crippen LogP contribution is -2.19. The lowest BCUT2D eigenvalue weighted by atomic mass is 9.93. The van der Waals surface area contributed by atoms with Crippen molar-refractivity contribution in [1.29, 1.82) is 0 Å². The highest BCUT2D eigenvalue weighted by Crippen LogP contribution is 2.13. The molecule has 1 N–H and O–H groups in total. The summed E-state index contributed by atoms with van der Waals surface area (Å²) in [4.78, 5) is 20.3. The monoisotopic (exact) mass is 144 g/mol. The molecule has 3 heteroatoms. The zero-order valence-corrected chi connectivity index (χ0v) is 6.20. The van der Waals surface area contributed by atoms with Crippen molar-refractivity contribution in [3.05, 3.63) is 0 Å². The number of carbonyl (C=O) groups is 2. The first kappa shape index (κ1) is 9.14. The molecule has 58 valence electrons. The predicted molar refractivity (Wildman–Crippen MR) is 36.6 cm³/mol. The third-order valence-corrected chi connectivity index (χ3v) is 1.47. The smallest absolute Gasteiger partial charge is 0.307 e. The summed E-state index contributed by atoms with van der Waals surface area (Å²) < 4.78 is 0. The highest BCUT2D eigenvalue weighted by molar-refractivity contribution is 5.73. The summed E-state index contributed by atoms with van der Waals surface area (Å²) in [6.45, 7) is 3.59. The molecule has 0 aliphatic carbocycles. The zero-order chi connectivity index (χ0) is 8.15. The van der Waals surface area contributed by atoms with E-state index in [-0.39, 0.29) is 12.3 Å². The predicted octanol–water partition coefficient (Wildman–Crippen LogP) is 0.932. The fourth-order valence-electron chi connectivity index (χ4n) is 0.762. The van der Waals surface area contributed by atoms with Crippen molar-refractivity contribution in [1.82, 2.24) is 0 Å². The molecule has 0 amide bonds. The topological polar surface area (TPSA) is 54.4 Å². The van der Waals surface area contributed by atoms with E-state index in [0.717, 1.165) is 0 Å². The van der Waals surface area contributed by atoms with Gasteiger partial charge >= 0.3 is 5.97 Å². The third-order valence-electron chi connectivity index (χ3n) is 1.47. The van der Waals surface area contributed by atoms with E-state index in [1.165, 1.54) is 0 Å². The van der Waals surface area contributed by atoms with Crippen molar-refractivity contribution in [2.24, 2.45) is 11.8 Å². The molecule has 0 aromatic heterocycles. The minimum absolute atomic E-state index is 0.0303. The first-order chi connectivity index (χ1) is 4.59. The van der Waals surface area contributed by atoms with Crippen LogP contribution in [0.25, 0.3) is 0 Å². The van der Waals surface area contributed by atoms with Crippen LogP contribution >= 0.6 is 0 Å². The average Bonchev–Trinajstić information content (AvgIpc) is 1.81. The molecule has 3 nitrogen and oxygen atoms in total. The standard InChI is InChI=1S/C7H12O3/c1-5(2)6(3-4-8)7(9)10/h4-6H,3H2,1-2H3,(H,9,10). The Morgan fingerprint density at radius 2 is 2.10 bits per heavy atom. The van der Waals surface area contributed by atoms with Gasteiger partial charge < -0.3 is 9.90 Å². The summed E-state index contributed by atoms with van der Waals surface area (Å²) in [6.07, 6.45) is 0.770.